The van der Waals surface area contributed by atoms with E-state index in [9.17, 15) is 18.7 Å². The van der Waals surface area contributed by atoms with Crippen LogP contribution in [0.5, 0.6) is 6.01 Å². The van der Waals surface area contributed by atoms with E-state index in [0.29, 0.717) is 29.9 Å². The van der Waals surface area contributed by atoms with Crippen LogP contribution in [0.1, 0.15) is 50.3 Å². The monoisotopic (exact) mass is 672 g/mol. The Hall–Kier alpha value is -4.73. The summed E-state index contributed by atoms with van der Waals surface area (Å²) in [5, 5.41) is 11.5. The van der Waals surface area contributed by atoms with Crippen molar-refractivity contribution in [3.05, 3.63) is 65.9 Å². The SMILES string of the molecule is C#Cc1c(F)ccc2cc([C@@H](C)O)cc(-c3ncc4c(N(C)C[C@@H]5CCCN5C(=O)C=C)nc(OC[C@]5(C)C[C@@H](F)CN5C)nc4c3F)c12. The van der Waals surface area contributed by atoms with Gasteiger partial charge in [-0.3, -0.25) is 14.7 Å². The summed E-state index contributed by atoms with van der Waals surface area (Å²) < 4.78 is 52.4. The van der Waals surface area contributed by atoms with Crippen molar-refractivity contribution in [2.75, 3.05) is 45.2 Å². The fraction of sp³-hybridized carbons (Fsp3) is 0.405. The smallest absolute Gasteiger partial charge is 0.319 e. The second kappa shape index (κ2) is 13.3. The first-order chi connectivity index (χ1) is 23.3. The van der Waals surface area contributed by atoms with Crippen LogP contribution in [0.3, 0.4) is 0 Å². The molecule has 0 unspecified atom stereocenters. The predicted molar refractivity (Wildman–Crippen MR) is 183 cm³/mol. The van der Waals surface area contributed by atoms with Crippen molar-refractivity contribution in [3.63, 3.8) is 0 Å². The molecule has 1 N–H and O–H groups in total. The first-order valence-corrected chi connectivity index (χ1v) is 16.2. The first kappa shape index (κ1) is 34.1. The van der Waals surface area contributed by atoms with E-state index in [1.54, 1.807) is 31.0 Å². The van der Waals surface area contributed by atoms with Crippen molar-refractivity contribution in [2.24, 2.45) is 0 Å². The molecule has 0 saturated carbocycles. The lowest BCUT2D eigenvalue weighted by Gasteiger charge is -2.31. The molecule has 2 fully saturated rings. The van der Waals surface area contributed by atoms with Crippen molar-refractivity contribution in [2.45, 2.75) is 57.0 Å². The first-order valence-electron chi connectivity index (χ1n) is 16.2. The Balaban J connectivity index is 1.51. The van der Waals surface area contributed by atoms with Gasteiger partial charge in [0, 0.05) is 56.3 Å². The third kappa shape index (κ3) is 6.29. The van der Waals surface area contributed by atoms with E-state index in [-0.39, 0.29) is 70.6 Å². The lowest BCUT2D eigenvalue weighted by atomic mass is 9.92. The molecule has 2 aromatic heterocycles. The Kier molecular flexibility index (Phi) is 9.26. The van der Waals surface area contributed by atoms with Gasteiger partial charge in [-0.05, 0) is 69.0 Å². The average Bonchev–Trinajstić information content (AvgIpc) is 3.64. The Morgan fingerprint density at radius 3 is 2.78 bits per heavy atom. The van der Waals surface area contributed by atoms with Crippen LogP contribution in [0.2, 0.25) is 0 Å². The van der Waals surface area contributed by atoms with Gasteiger partial charge in [0.25, 0.3) is 0 Å². The molecule has 0 radical (unpaired) electrons. The van der Waals surface area contributed by atoms with Gasteiger partial charge in [0.15, 0.2) is 5.82 Å². The van der Waals surface area contributed by atoms with Crippen LogP contribution in [0, 0.1) is 24.0 Å². The highest BCUT2D eigenvalue weighted by atomic mass is 19.1. The number of likely N-dealkylation sites (tertiary alicyclic amines) is 2. The maximum Gasteiger partial charge on any atom is 0.319 e. The summed E-state index contributed by atoms with van der Waals surface area (Å²) in [6, 6.07) is 5.72. The van der Waals surface area contributed by atoms with Crippen LogP contribution in [-0.2, 0) is 4.79 Å². The quantitative estimate of drug-likeness (QED) is 0.182. The molecule has 4 aromatic rings. The van der Waals surface area contributed by atoms with Crippen LogP contribution in [0.4, 0.5) is 19.0 Å². The van der Waals surface area contributed by atoms with Gasteiger partial charge in [0.1, 0.15) is 35.6 Å². The van der Waals surface area contributed by atoms with Crippen LogP contribution < -0.4 is 9.64 Å². The van der Waals surface area contributed by atoms with E-state index >= 15 is 4.39 Å². The maximum atomic E-state index is 17.0. The summed E-state index contributed by atoms with van der Waals surface area (Å²) in [5.74, 6) is 1.06. The number of pyridine rings is 1. The number of alkyl halides is 1. The molecule has 2 aliphatic rings. The number of carbonyl (C=O) groups is 1. The molecule has 4 atom stereocenters. The van der Waals surface area contributed by atoms with Crippen LogP contribution >= 0.6 is 0 Å². The summed E-state index contributed by atoms with van der Waals surface area (Å²) in [6.45, 7) is 8.37. The van der Waals surface area contributed by atoms with Crippen molar-refractivity contribution in [1.29, 1.82) is 0 Å². The zero-order chi connectivity index (χ0) is 35.2. The molecule has 0 spiro atoms. The van der Waals surface area contributed by atoms with E-state index in [1.807, 2.05) is 23.8 Å². The number of hydrogen-bond acceptors (Lipinski definition) is 8. The zero-order valence-corrected chi connectivity index (χ0v) is 28.0. The largest absolute Gasteiger partial charge is 0.461 e. The average molecular weight is 673 g/mol. The van der Waals surface area contributed by atoms with E-state index in [2.05, 4.69) is 27.5 Å². The predicted octanol–water partition coefficient (Wildman–Crippen LogP) is 5.58. The maximum absolute atomic E-state index is 17.0. The molecule has 1 amide bonds. The number of nitrogens with zero attached hydrogens (tertiary/aromatic N) is 6. The Labute approximate surface area is 283 Å². The fourth-order valence-corrected chi connectivity index (χ4v) is 7.04. The number of aliphatic hydroxyl groups is 1. The number of carbonyl (C=O) groups excluding carboxylic acids is 1. The number of likely N-dealkylation sites (N-methyl/N-ethyl adjacent to an activating group) is 2. The molecule has 2 aromatic carbocycles. The van der Waals surface area contributed by atoms with Crippen molar-refractivity contribution in [3.8, 4) is 29.6 Å². The number of benzene rings is 2. The fourth-order valence-electron chi connectivity index (χ4n) is 7.04. The minimum atomic E-state index is -1.01. The number of aliphatic hydroxyl groups excluding tert-OH is 1. The number of fused-ring (bicyclic) bond motifs is 2. The molecule has 6 rings (SSSR count). The Morgan fingerprint density at radius 2 is 2.10 bits per heavy atom. The number of anilines is 1. The third-order valence-corrected chi connectivity index (χ3v) is 9.86. The number of terminal acetylenes is 1. The molecular weight excluding hydrogens is 633 g/mol. The molecule has 4 heterocycles. The van der Waals surface area contributed by atoms with Gasteiger partial charge in [0.05, 0.1) is 22.6 Å². The van der Waals surface area contributed by atoms with Crippen LogP contribution in [0.25, 0.3) is 32.9 Å². The van der Waals surface area contributed by atoms with E-state index in [1.165, 1.54) is 24.4 Å². The highest BCUT2D eigenvalue weighted by Crippen LogP contribution is 2.39. The number of rotatable bonds is 9. The summed E-state index contributed by atoms with van der Waals surface area (Å²) in [5.41, 5.74) is -0.313. The molecule has 0 aliphatic carbocycles. The van der Waals surface area contributed by atoms with Gasteiger partial charge in [0.2, 0.25) is 5.91 Å². The molecule has 9 nitrogen and oxygen atoms in total. The number of ether oxygens (including phenoxy) is 1. The van der Waals surface area contributed by atoms with Gasteiger partial charge in [-0.25, -0.2) is 13.2 Å². The minimum absolute atomic E-state index is 0.0499. The lowest BCUT2D eigenvalue weighted by molar-refractivity contribution is -0.126. The minimum Gasteiger partial charge on any atom is -0.461 e. The molecule has 256 valence electrons. The molecule has 0 bridgehead atoms. The van der Waals surface area contributed by atoms with Gasteiger partial charge < -0.3 is 19.6 Å². The molecular formula is C37H39F3N6O3. The number of hydrogen-bond donors (Lipinski definition) is 1. The van der Waals surface area contributed by atoms with Gasteiger partial charge >= 0.3 is 6.01 Å². The number of halogens is 3. The molecule has 2 aliphatic heterocycles. The van der Waals surface area contributed by atoms with Gasteiger partial charge in [-0.15, -0.1) is 6.42 Å². The van der Waals surface area contributed by atoms with Crippen LogP contribution in [0.15, 0.2) is 43.1 Å². The summed E-state index contributed by atoms with van der Waals surface area (Å²) in [7, 11) is 3.60. The zero-order valence-electron chi connectivity index (χ0n) is 28.0. The van der Waals surface area contributed by atoms with Gasteiger partial charge in [-0.2, -0.15) is 9.97 Å². The summed E-state index contributed by atoms with van der Waals surface area (Å²) in [6.07, 6.45) is 8.38. The number of aromatic nitrogens is 3. The third-order valence-electron chi connectivity index (χ3n) is 9.86. The lowest BCUT2D eigenvalue weighted by Crippen LogP contribution is -2.43. The van der Waals surface area contributed by atoms with Crippen molar-refractivity contribution in [1.82, 2.24) is 24.8 Å². The van der Waals surface area contributed by atoms with E-state index < -0.39 is 29.4 Å². The molecule has 12 heteroatoms. The van der Waals surface area contributed by atoms with Crippen LogP contribution in [-0.4, -0.2) is 93.9 Å². The Bertz CT molecular complexity index is 2000. The van der Waals surface area contributed by atoms with E-state index in [4.69, 9.17) is 11.2 Å². The summed E-state index contributed by atoms with van der Waals surface area (Å²) in [4.78, 5) is 31.7. The highest BCUT2D eigenvalue weighted by Gasteiger charge is 2.41. The van der Waals surface area contributed by atoms with Crippen molar-refractivity contribution >= 4 is 33.4 Å². The summed E-state index contributed by atoms with van der Waals surface area (Å²) >= 11 is 0. The molecule has 49 heavy (non-hydrogen) atoms. The highest BCUT2D eigenvalue weighted by molar-refractivity contribution is 6.02. The van der Waals surface area contributed by atoms with Crippen molar-refractivity contribution < 1.29 is 27.8 Å². The normalized spacial score (nSPS) is 21.7. The second-order valence-electron chi connectivity index (χ2n) is 13.3. The Morgan fingerprint density at radius 1 is 1.33 bits per heavy atom. The second-order valence-corrected chi connectivity index (χ2v) is 13.3. The topological polar surface area (TPSA) is 94.9 Å². The van der Waals surface area contributed by atoms with E-state index in [0.717, 1.165) is 12.8 Å². The van der Waals surface area contributed by atoms with Gasteiger partial charge in [-0.1, -0.05) is 18.6 Å². The number of amides is 1. The molecule has 2 saturated heterocycles. The standard InChI is InChI=1S/C37H39F3N6O3/c1-7-26-29(39)12-11-22-14-23(21(3)47)15-27(31(22)26)33-32(40)34-28(17-41-33)35(44(5)19-25-10-9-13-46(25)30(48)8-2)43-36(42-34)49-20-37(4)16-24(38)18-45(37)6/h1,8,11-12,14-15,17,21,24-25,47H,2,9-10,13,16,18-20H2,3-6H3/t21-,24-,25+,37+/m1/s1.